The normalized spacial score (nSPS) is 20.1. The van der Waals surface area contributed by atoms with Crippen LogP contribution in [0.4, 0.5) is 13.2 Å². The molecule has 0 saturated carbocycles. The van der Waals surface area contributed by atoms with Crippen LogP contribution in [0.5, 0.6) is 0 Å². The summed E-state index contributed by atoms with van der Waals surface area (Å²) in [4.78, 5) is 20.7. The lowest BCUT2D eigenvalue weighted by molar-refractivity contribution is -0.187. The number of alkyl halides is 3. The van der Waals surface area contributed by atoms with Crippen molar-refractivity contribution in [3.63, 3.8) is 0 Å². The van der Waals surface area contributed by atoms with Crippen LogP contribution in [-0.2, 0) is 6.54 Å². The molecule has 1 atom stereocenters. The number of aromatic nitrogens is 2. The third kappa shape index (κ3) is 3.67. The van der Waals surface area contributed by atoms with Gasteiger partial charge in [-0.2, -0.15) is 13.2 Å². The Balaban J connectivity index is 1.81. The van der Waals surface area contributed by atoms with Crippen molar-refractivity contribution in [3.8, 4) is 0 Å². The Morgan fingerprint density at radius 2 is 2.17 bits per heavy atom. The van der Waals surface area contributed by atoms with Crippen LogP contribution < -0.4 is 5.56 Å². The van der Waals surface area contributed by atoms with Crippen molar-refractivity contribution >= 4 is 22.5 Å². The Bertz CT molecular complexity index is 775. The van der Waals surface area contributed by atoms with Gasteiger partial charge in [-0.15, -0.1) is 0 Å². The minimum Gasteiger partial charge on any atom is -0.309 e. The standard InChI is InChI=1S/C15H15ClF3N3O/c16-10-3-4-12-11(6-10)14(23)21-13(20-12)8-22-5-1-2-9(7-22)15(17,18)19/h3-4,6,9H,1-2,5,7-8H2,(H,20,21,23). The van der Waals surface area contributed by atoms with Gasteiger partial charge in [-0.25, -0.2) is 4.98 Å². The molecule has 1 aliphatic rings. The second-order valence-corrected chi connectivity index (χ2v) is 6.23. The first-order valence-corrected chi connectivity index (χ1v) is 7.68. The van der Waals surface area contributed by atoms with Crippen LogP contribution in [0, 0.1) is 5.92 Å². The van der Waals surface area contributed by atoms with Gasteiger partial charge in [0.15, 0.2) is 0 Å². The van der Waals surface area contributed by atoms with Gasteiger partial charge in [-0.1, -0.05) is 11.6 Å². The molecule has 1 N–H and O–H groups in total. The monoisotopic (exact) mass is 345 g/mol. The summed E-state index contributed by atoms with van der Waals surface area (Å²) in [5, 5.41) is 0.801. The summed E-state index contributed by atoms with van der Waals surface area (Å²) >= 11 is 5.85. The fourth-order valence-corrected chi connectivity index (χ4v) is 3.08. The molecule has 0 spiro atoms. The van der Waals surface area contributed by atoms with E-state index in [1.807, 2.05) is 0 Å². The molecule has 23 heavy (non-hydrogen) atoms. The van der Waals surface area contributed by atoms with Crippen molar-refractivity contribution in [2.45, 2.75) is 25.6 Å². The summed E-state index contributed by atoms with van der Waals surface area (Å²) in [6, 6.07) is 4.78. The number of likely N-dealkylation sites (tertiary alicyclic amines) is 1. The first kappa shape index (κ1) is 16.3. The highest BCUT2D eigenvalue weighted by Crippen LogP contribution is 2.33. The van der Waals surface area contributed by atoms with Crippen LogP contribution in [0.25, 0.3) is 10.9 Å². The molecule has 1 fully saturated rings. The highest BCUT2D eigenvalue weighted by molar-refractivity contribution is 6.31. The average Bonchev–Trinajstić information content (AvgIpc) is 2.48. The van der Waals surface area contributed by atoms with Gasteiger partial charge < -0.3 is 4.98 Å². The van der Waals surface area contributed by atoms with Crippen molar-refractivity contribution in [2.24, 2.45) is 5.92 Å². The Morgan fingerprint density at radius 3 is 2.91 bits per heavy atom. The summed E-state index contributed by atoms with van der Waals surface area (Å²) < 4.78 is 38.6. The number of hydrogen-bond acceptors (Lipinski definition) is 3. The van der Waals surface area contributed by atoms with Crippen LogP contribution in [-0.4, -0.2) is 34.1 Å². The van der Waals surface area contributed by atoms with Gasteiger partial charge in [0.2, 0.25) is 0 Å². The van der Waals surface area contributed by atoms with Crippen LogP contribution in [0.3, 0.4) is 0 Å². The molecule has 124 valence electrons. The Kier molecular flexibility index (Phi) is 4.33. The van der Waals surface area contributed by atoms with E-state index in [1.165, 1.54) is 6.07 Å². The molecule has 1 saturated heterocycles. The number of rotatable bonds is 2. The molecule has 2 aromatic rings. The number of halogens is 4. The molecule has 1 aromatic heterocycles. The van der Waals surface area contributed by atoms with E-state index < -0.39 is 12.1 Å². The molecule has 1 aliphatic heterocycles. The zero-order valence-electron chi connectivity index (χ0n) is 12.2. The molecule has 0 aliphatic carbocycles. The third-order valence-corrected chi connectivity index (χ3v) is 4.29. The van der Waals surface area contributed by atoms with E-state index in [2.05, 4.69) is 9.97 Å². The summed E-state index contributed by atoms with van der Waals surface area (Å²) in [5.41, 5.74) is 0.148. The molecule has 1 aromatic carbocycles. The number of aromatic amines is 1. The van der Waals surface area contributed by atoms with E-state index in [9.17, 15) is 18.0 Å². The first-order valence-electron chi connectivity index (χ1n) is 7.30. The predicted octanol–water partition coefficient (Wildman–Crippen LogP) is 3.35. The van der Waals surface area contributed by atoms with Gasteiger partial charge in [-0.3, -0.25) is 9.69 Å². The molecule has 0 amide bonds. The van der Waals surface area contributed by atoms with Crippen LogP contribution in [0.2, 0.25) is 5.02 Å². The van der Waals surface area contributed by atoms with Gasteiger partial charge in [0.1, 0.15) is 5.82 Å². The Labute approximate surface area is 135 Å². The number of fused-ring (bicyclic) bond motifs is 1. The fraction of sp³-hybridized carbons (Fsp3) is 0.467. The van der Waals surface area contributed by atoms with Gasteiger partial charge >= 0.3 is 6.18 Å². The number of H-pyrrole nitrogens is 1. The number of hydrogen-bond donors (Lipinski definition) is 1. The van der Waals surface area contributed by atoms with Gasteiger partial charge in [0.05, 0.1) is 23.4 Å². The number of piperidine rings is 1. The molecule has 8 heteroatoms. The van der Waals surface area contributed by atoms with E-state index in [0.29, 0.717) is 34.7 Å². The molecule has 4 nitrogen and oxygen atoms in total. The number of benzene rings is 1. The lowest BCUT2D eigenvalue weighted by atomic mass is 9.97. The zero-order valence-corrected chi connectivity index (χ0v) is 12.9. The summed E-state index contributed by atoms with van der Waals surface area (Å²) in [5.74, 6) is -0.949. The largest absolute Gasteiger partial charge is 0.393 e. The quantitative estimate of drug-likeness (QED) is 0.908. The summed E-state index contributed by atoms with van der Waals surface area (Å²) in [6.07, 6.45) is -3.54. The molecular formula is C15H15ClF3N3O. The smallest absolute Gasteiger partial charge is 0.309 e. The van der Waals surface area contributed by atoms with E-state index in [1.54, 1.807) is 17.0 Å². The average molecular weight is 346 g/mol. The van der Waals surface area contributed by atoms with Crippen molar-refractivity contribution in [3.05, 3.63) is 39.4 Å². The maximum Gasteiger partial charge on any atom is 0.393 e. The Morgan fingerprint density at radius 1 is 1.39 bits per heavy atom. The number of nitrogens with zero attached hydrogens (tertiary/aromatic N) is 2. The topological polar surface area (TPSA) is 49.0 Å². The lowest BCUT2D eigenvalue weighted by Crippen LogP contribution is -2.41. The highest BCUT2D eigenvalue weighted by Gasteiger charge is 2.41. The summed E-state index contributed by atoms with van der Waals surface area (Å²) in [6.45, 7) is 0.696. The van der Waals surface area contributed by atoms with Crippen LogP contribution in [0.1, 0.15) is 18.7 Å². The third-order valence-electron chi connectivity index (χ3n) is 4.06. The van der Waals surface area contributed by atoms with Gasteiger partial charge in [0.25, 0.3) is 5.56 Å². The molecule has 1 unspecified atom stereocenters. The van der Waals surface area contributed by atoms with Crippen LogP contribution in [0.15, 0.2) is 23.0 Å². The van der Waals surface area contributed by atoms with E-state index >= 15 is 0 Å². The molecule has 2 heterocycles. The highest BCUT2D eigenvalue weighted by atomic mass is 35.5. The molecular weight excluding hydrogens is 331 g/mol. The maximum atomic E-state index is 12.9. The lowest BCUT2D eigenvalue weighted by Gasteiger charge is -2.33. The summed E-state index contributed by atoms with van der Waals surface area (Å²) in [7, 11) is 0. The number of nitrogens with one attached hydrogen (secondary N) is 1. The zero-order chi connectivity index (χ0) is 16.6. The van der Waals surface area contributed by atoms with Crippen LogP contribution >= 0.6 is 11.6 Å². The van der Waals surface area contributed by atoms with Crippen molar-refractivity contribution < 1.29 is 13.2 Å². The van der Waals surface area contributed by atoms with Crippen molar-refractivity contribution in [1.29, 1.82) is 0 Å². The van der Waals surface area contributed by atoms with Crippen molar-refractivity contribution in [1.82, 2.24) is 14.9 Å². The minimum atomic E-state index is -4.18. The first-order chi connectivity index (χ1) is 10.8. The molecule has 0 radical (unpaired) electrons. The molecule has 0 bridgehead atoms. The van der Waals surface area contributed by atoms with Gasteiger partial charge in [-0.05, 0) is 37.6 Å². The molecule has 3 rings (SSSR count). The Hall–Kier alpha value is -1.60. The van der Waals surface area contributed by atoms with Crippen molar-refractivity contribution in [2.75, 3.05) is 13.1 Å². The van der Waals surface area contributed by atoms with Gasteiger partial charge in [0, 0.05) is 11.6 Å². The van der Waals surface area contributed by atoms with E-state index in [-0.39, 0.29) is 25.1 Å². The SMILES string of the molecule is O=c1[nH]c(CN2CCCC(C(F)(F)F)C2)nc2ccc(Cl)cc12. The van der Waals surface area contributed by atoms with E-state index in [0.717, 1.165) is 0 Å². The maximum absolute atomic E-state index is 12.9. The minimum absolute atomic E-state index is 0.0636. The second kappa shape index (κ2) is 6.13. The second-order valence-electron chi connectivity index (χ2n) is 5.79. The fourth-order valence-electron chi connectivity index (χ4n) is 2.91. The van der Waals surface area contributed by atoms with E-state index in [4.69, 9.17) is 11.6 Å². The predicted molar refractivity (Wildman–Crippen MR) is 81.4 cm³/mol.